The van der Waals surface area contributed by atoms with Gasteiger partial charge < -0.3 is 14.2 Å². The van der Waals surface area contributed by atoms with Crippen molar-refractivity contribution < 1.29 is 19.0 Å². The third-order valence-electron chi connectivity index (χ3n) is 5.72. The Labute approximate surface area is 242 Å². The van der Waals surface area contributed by atoms with E-state index in [9.17, 15) is 4.79 Å². The van der Waals surface area contributed by atoms with Crippen LogP contribution < -0.4 is 9.47 Å². The van der Waals surface area contributed by atoms with Crippen LogP contribution in [-0.4, -0.2) is 43.2 Å². The Kier molecular flexibility index (Phi) is 6.77. The topological polar surface area (TPSA) is 101 Å². The SMILES string of the molecule is COc1cc(OCc2csc(-c3ccc(C(=O)OC(C)(C)C)cc3)n2)c2sc(-c3cn4nc(C)sc4n3)nc2c1. The summed E-state index contributed by atoms with van der Waals surface area (Å²) in [4.78, 5) is 27.4. The summed E-state index contributed by atoms with van der Waals surface area (Å²) in [5, 5.41) is 9.01. The number of aryl methyl sites for hydroxylation is 1. The number of carbonyl (C=O) groups is 1. The van der Waals surface area contributed by atoms with Crippen LogP contribution in [0.15, 0.2) is 48.0 Å². The van der Waals surface area contributed by atoms with Gasteiger partial charge in [-0.05, 0) is 39.8 Å². The van der Waals surface area contributed by atoms with Crippen molar-refractivity contribution in [2.45, 2.75) is 39.9 Å². The Hall–Kier alpha value is -3.87. The van der Waals surface area contributed by atoms with Crippen molar-refractivity contribution in [3.05, 3.63) is 64.2 Å². The minimum absolute atomic E-state index is 0.283. The summed E-state index contributed by atoms with van der Waals surface area (Å²) in [6.45, 7) is 7.79. The molecule has 0 aliphatic heterocycles. The van der Waals surface area contributed by atoms with E-state index in [2.05, 4.69) is 10.1 Å². The maximum Gasteiger partial charge on any atom is 0.338 e. The van der Waals surface area contributed by atoms with Gasteiger partial charge in [-0.15, -0.1) is 22.7 Å². The number of imidazole rings is 1. The highest BCUT2D eigenvalue weighted by Gasteiger charge is 2.19. The molecule has 2 aromatic carbocycles. The maximum absolute atomic E-state index is 12.3. The second kappa shape index (κ2) is 10.3. The van der Waals surface area contributed by atoms with Gasteiger partial charge in [0.25, 0.3) is 0 Å². The fourth-order valence-corrected chi connectivity index (χ4v) is 6.46. The van der Waals surface area contributed by atoms with Crippen molar-refractivity contribution in [2.75, 3.05) is 7.11 Å². The van der Waals surface area contributed by atoms with E-state index >= 15 is 0 Å². The van der Waals surface area contributed by atoms with Crippen LogP contribution in [0.5, 0.6) is 11.5 Å². The molecule has 0 aliphatic carbocycles. The van der Waals surface area contributed by atoms with Gasteiger partial charge in [-0.2, -0.15) is 5.10 Å². The normalized spacial score (nSPS) is 11.8. The average Bonchev–Trinajstić information content (AvgIpc) is 3.69. The van der Waals surface area contributed by atoms with Gasteiger partial charge in [0, 0.05) is 23.1 Å². The van der Waals surface area contributed by atoms with E-state index in [0.717, 1.165) is 47.2 Å². The van der Waals surface area contributed by atoms with Gasteiger partial charge in [-0.3, -0.25) is 0 Å². The lowest BCUT2D eigenvalue weighted by Gasteiger charge is -2.19. The molecule has 9 nitrogen and oxygen atoms in total. The predicted molar refractivity (Wildman–Crippen MR) is 158 cm³/mol. The Morgan fingerprint density at radius 2 is 1.82 bits per heavy atom. The molecule has 6 aromatic rings. The van der Waals surface area contributed by atoms with Crippen LogP contribution >= 0.6 is 34.0 Å². The molecule has 0 radical (unpaired) electrons. The molecule has 0 saturated heterocycles. The lowest BCUT2D eigenvalue weighted by atomic mass is 10.1. The number of thiazole rings is 2. The number of benzene rings is 2. The molecule has 40 heavy (non-hydrogen) atoms. The monoisotopic (exact) mass is 591 g/mol. The fourth-order valence-electron chi connectivity index (χ4n) is 3.96. The highest BCUT2D eigenvalue weighted by molar-refractivity contribution is 7.22. The van der Waals surface area contributed by atoms with Crippen LogP contribution in [0.1, 0.15) is 41.8 Å². The third-order valence-corrected chi connectivity index (χ3v) is 8.61. The molecule has 6 rings (SSSR count). The van der Waals surface area contributed by atoms with Gasteiger partial charge in [-0.25, -0.2) is 24.3 Å². The van der Waals surface area contributed by atoms with Crippen molar-refractivity contribution in [3.63, 3.8) is 0 Å². The standard InChI is InChI=1S/C28H25N5O4S3/c1-15-32-33-12-21(31-27(33)39-15)25-30-20-10-19(35-5)11-22(23(20)40-25)36-13-18-14-38-24(29-18)16-6-8-17(9-7-16)26(34)37-28(2,3)4/h6-12,14H,13H2,1-5H3. The summed E-state index contributed by atoms with van der Waals surface area (Å²) < 4.78 is 19.9. The number of rotatable bonds is 7. The number of esters is 1. The highest BCUT2D eigenvalue weighted by Crippen LogP contribution is 2.39. The molecule has 0 bridgehead atoms. The average molecular weight is 592 g/mol. The minimum atomic E-state index is -0.540. The van der Waals surface area contributed by atoms with Gasteiger partial charge >= 0.3 is 5.97 Å². The Balaban J connectivity index is 1.20. The first kappa shape index (κ1) is 26.4. The van der Waals surface area contributed by atoms with Crippen LogP contribution in [0.3, 0.4) is 0 Å². The molecule has 4 heterocycles. The van der Waals surface area contributed by atoms with Crippen LogP contribution in [0.4, 0.5) is 0 Å². The zero-order valence-corrected chi connectivity index (χ0v) is 24.9. The summed E-state index contributed by atoms with van der Waals surface area (Å²) in [6, 6.07) is 11.0. The molecule has 4 aromatic heterocycles. The van der Waals surface area contributed by atoms with Crippen molar-refractivity contribution in [1.82, 2.24) is 24.6 Å². The van der Waals surface area contributed by atoms with Crippen LogP contribution in [0.2, 0.25) is 0 Å². The van der Waals surface area contributed by atoms with Crippen LogP contribution in [0.25, 0.3) is 36.5 Å². The van der Waals surface area contributed by atoms with Gasteiger partial charge in [0.1, 0.15) is 44.4 Å². The lowest BCUT2D eigenvalue weighted by Crippen LogP contribution is -2.23. The summed E-state index contributed by atoms with van der Waals surface area (Å²) >= 11 is 4.58. The van der Waals surface area contributed by atoms with Crippen LogP contribution in [0, 0.1) is 6.92 Å². The second-order valence-corrected chi connectivity index (χ2v) is 13.0. The van der Waals surface area contributed by atoms with E-state index in [1.165, 1.54) is 34.0 Å². The molecule has 0 aliphatic rings. The summed E-state index contributed by atoms with van der Waals surface area (Å²) in [5.74, 6) is 0.985. The second-order valence-electron chi connectivity index (χ2n) is 9.98. The molecule has 0 unspecified atom stereocenters. The number of carbonyl (C=O) groups excluding carboxylic acids is 1. The molecular formula is C28H25N5O4S3. The molecule has 0 atom stereocenters. The summed E-state index contributed by atoms with van der Waals surface area (Å²) in [7, 11) is 1.62. The number of fused-ring (bicyclic) bond motifs is 2. The van der Waals surface area contributed by atoms with Crippen molar-refractivity contribution >= 4 is 55.2 Å². The molecule has 0 amide bonds. The highest BCUT2D eigenvalue weighted by atomic mass is 32.1. The van der Waals surface area contributed by atoms with Crippen molar-refractivity contribution in [1.29, 1.82) is 0 Å². The number of nitrogens with zero attached hydrogens (tertiary/aromatic N) is 5. The van der Waals surface area contributed by atoms with E-state index in [4.69, 9.17) is 24.2 Å². The summed E-state index contributed by atoms with van der Waals surface area (Å²) in [5.41, 5.74) is 3.23. The first-order chi connectivity index (χ1) is 19.1. The van der Waals surface area contributed by atoms with E-state index < -0.39 is 5.60 Å². The Bertz CT molecular complexity index is 1810. The fraction of sp³-hybridized carbons (Fsp3) is 0.250. The first-order valence-corrected chi connectivity index (χ1v) is 14.9. The summed E-state index contributed by atoms with van der Waals surface area (Å²) in [6.07, 6.45) is 1.89. The lowest BCUT2D eigenvalue weighted by molar-refractivity contribution is 0.00695. The smallest absolute Gasteiger partial charge is 0.338 e. The van der Waals surface area contributed by atoms with E-state index in [1.807, 2.05) is 63.5 Å². The molecule has 0 saturated carbocycles. The predicted octanol–water partition coefficient (Wildman–Crippen LogP) is 7.04. The van der Waals surface area contributed by atoms with E-state index in [0.29, 0.717) is 17.1 Å². The number of ether oxygens (including phenoxy) is 3. The van der Waals surface area contributed by atoms with E-state index in [1.54, 1.807) is 23.8 Å². The molecule has 0 spiro atoms. The zero-order chi connectivity index (χ0) is 28.0. The zero-order valence-electron chi connectivity index (χ0n) is 22.4. The van der Waals surface area contributed by atoms with Crippen molar-refractivity contribution in [2.24, 2.45) is 0 Å². The molecule has 204 valence electrons. The molecule has 0 fully saturated rings. The number of methoxy groups -OCH3 is 1. The van der Waals surface area contributed by atoms with Gasteiger partial charge in [0.05, 0.1) is 34.8 Å². The largest absolute Gasteiger partial charge is 0.497 e. The first-order valence-electron chi connectivity index (χ1n) is 12.4. The molecular weight excluding hydrogens is 567 g/mol. The number of aromatic nitrogens is 5. The van der Waals surface area contributed by atoms with Crippen LogP contribution in [-0.2, 0) is 11.3 Å². The van der Waals surface area contributed by atoms with Gasteiger partial charge in [-0.1, -0.05) is 23.5 Å². The van der Waals surface area contributed by atoms with Gasteiger partial charge in [0.15, 0.2) is 0 Å². The molecule has 12 heteroatoms. The third kappa shape index (κ3) is 5.42. The van der Waals surface area contributed by atoms with Crippen molar-refractivity contribution in [3.8, 4) is 32.8 Å². The minimum Gasteiger partial charge on any atom is -0.497 e. The molecule has 0 N–H and O–H groups in total. The number of hydrogen-bond donors (Lipinski definition) is 0. The maximum atomic E-state index is 12.3. The Morgan fingerprint density at radius 1 is 1.02 bits per heavy atom. The Morgan fingerprint density at radius 3 is 2.55 bits per heavy atom. The van der Waals surface area contributed by atoms with Gasteiger partial charge in [0.2, 0.25) is 4.96 Å². The van der Waals surface area contributed by atoms with E-state index in [-0.39, 0.29) is 12.6 Å². The quantitative estimate of drug-likeness (QED) is 0.182. The number of hydrogen-bond acceptors (Lipinski definition) is 11.